The third-order valence-electron chi connectivity index (χ3n) is 1.16. The molecule has 11 heavy (non-hydrogen) atoms. The molecule has 0 saturated heterocycles. The average Bonchev–Trinajstić information content (AvgIpc) is 1.90. The Morgan fingerprint density at radius 3 is 1.55 bits per heavy atom. The zero-order valence-corrected chi connectivity index (χ0v) is 7.85. The van der Waals surface area contributed by atoms with Crippen LogP contribution in [-0.4, -0.2) is 5.97 Å². The summed E-state index contributed by atoms with van der Waals surface area (Å²) >= 11 is 0. The van der Waals surface area contributed by atoms with Crippen LogP contribution >= 0.6 is 0 Å². The highest BCUT2D eigenvalue weighted by Gasteiger charge is 1.75. The van der Waals surface area contributed by atoms with Crippen molar-refractivity contribution in [2.75, 3.05) is 0 Å². The van der Waals surface area contributed by atoms with E-state index in [0.717, 1.165) is 0 Å². The minimum atomic E-state index is -0.961. The first kappa shape index (κ1) is 13.1. The van der Waals surface area contributed by atoms with Gasteiger partial charge in [-0.2, -0.15) is 0 Å². The average molecular weight is 159 g/mol. The minimum Gasteiger partial charge on any atom is -0.550 e. The standard InChI is InChI=1S/C5H12.C4H8O2/c1-3-5-4-2;1-2-3-4(5)6/h3-5H2,1-2H3;2-3H2,1H3,(H,5,6)/p-1. The third-order valence-corrected chi connectivity index (χ3v) is 1.16. The monoisotopic (exact) mass is 159 g/mol. The van der Waals surface area contributed by atoms with Crippen LogP contribution in [0.15, 0.2) is 0 Å². The summed E-state index contributed by atoms with van der Waals surface area (Å²) in [5.74, 6) is -0.961. The van der Waals surface area contributed by atoms with E-state index in [-0.39, 0.29) is 6.42 Å². The summed E-state index contributed by atoms with van der Waals surface area (Å²) in [6.45, 7) is 6.22. The highest BCUT2D eigenvalue weighted by atomic mass is 16.4. The van der Waals surface area contributed by atoms with Crippen LogP contribution in [0.2, 0.25) is 0 Å². The molecule has 0 fully saturated rings. The van der Waals surface area contributed by atoms with E-state index >= 15 is 0 Å². The van der Waals surface area contributed by atoms with Gasteiger partial charge in [0.2, 0.25) is 0 Å². The van der Waals surface area contributed by atoms with Crippen molar-refractivity contribution >= 4 is 5.97 Å². The first-order valence-electron chi connectivity index (χ1n) is 4.38. The molecule has 0 saturated carbocycles. The SMILES string of the molecule is CCCC(=O)[O-].CCCCC. The molecule has 0 heterocycles. The van der Waals surface area contributed by atoms with Crippen molar-refractivity contribution in [2.45, 2.75) is 52.9 Å². The van der Waals surface area contributed by atoms with Crippen molar-refractivity contribution in [3.05, 3.63) is 0 Å². The van der Waals surface area contributed by atoms with Crippen LogP contribution in [0.5, 0.6) is 0 Å². The molecule has 0 unspecified atom stereocenters. The molecule has 0 radical (unpaired) electrons. The Labute approximate surface area is 69.6 Å². The van der Waals surface area contributed by atoms with E-state index in [1.165, 1.54) is 19.3 Å². The van der Waals surface area contributed by atoms with Gasteiger partial charge in [-0.3, -0.25) is 0 Å². The Morgan fingerprint density at radius 1 is 1.09 bits per heavy atom. The van der Waals surface area contributed by atoms with E-state index in [1.54, 1.807) is 6.92 Å². The Balaban J connectivity index is 0. The fraction of sp³-hybridized carbons (Fsp3) is 0.889. The molecule has 0 aromatic rings. The van der Waals surface area contributed by atoms with Crippen LogP contribution in [0, 0.1) is 0 Å². The summed E-state index contributed by atoms with van der Waals surface area (Å²) in [5.41, 5.74) is 0. The van der Waals surface area contributed by atoms with E-state index in [2.05, 4.69) is 13.8 Å². The zero-order valence-electron chi connectivity index (χ0n) is 7.85. The zero-order chi connectivity index (χ0) is 9.11. The number of hydrogen-bond donors (Lipinski definition) is 0. The molecular weight excluding hydrogens is 140 g/mol. The molecule has 2 nitrogen and oxygen atoms in total. The predicted octanol–water partition coefficient (Wildman–Crippen LogP) is 1.73. The van der Waals surface area contributed by atoms with E-state index < -0.39 is 5.97 Å². The van der Waals surface area contributed by atoms with Gasteiger partial charge in [0.25, 0.3) is 0 Å². The van der Waals surface area contributed by atoms with Crippen molar-refractivity contribution in [3.63, 3.8) is 0 Å². The number of aliphatic carboxylic acids is 1. The molecule has 0 spiro atoms. The van der Waals surface area contributed by atoms with Gasteiger partial charge in [0.1, 0.15) is 0 Å². The first-order chi connectivity index (χ1) is 5.18. The van der Waals surface area contributed by atoms with Gasteiger partial charge < -0.3 is 9.90 Å². The van der Waals surface area contributed by atoms with Gasteiger partial charge in [-0.25, -0.2) is 0 Å². The van der Waals surface area contributed by atoms with Crippen LogP contribution < -0.4 is 5.11 Å². The molecule has 2 heteroatoms. The molecule has 0 aromatic heterocycles. The van der Waals surface area contributed by atoms with Gasteiger partial charge in [-0.05, 0) is 6.42 Å². The van der Waals surface area contributed by atoms with E-state index in [1.807, 2.05) is 0 Å². The molecule has 0 rings (SSSR count). The number of rotatable bonds is 4. The minimum absolute atomic E-state index is 0.181. The molecule has 68 valence electrons. The van der Waals surface area contributed by atoms with E-state index in [4.69, 9.17) is 0 Å². The lowest BCUT2D eigenvalue weighted by Crippen LogP contribution is -2.20. The number of unbranched alkanes of at least 4 members (excludes halogenated alkanes) is 2. The number of carbonyl (C=O) groups is 1. The Bertz CT molecular complexity index is 77.6. The summed E-state index contributed by atoms with van der Waals surface area (Å²) < 4.78 is 0. The van der Waals surface area contributed by atoms with Crippen molar-refractivity contribution in [1.29, 1.82) is 0 Å². The number of carbonyl (C=O) groups excluding carboxylic acids is 1. The fourth-order valence-electron chi connectivity index (χ4n) is 0.558. The van der Waals surface area contributed by atoms with E-state index in [0.29, 0.717) is 6.42 Å². The van der Waals surface area contributed by atoms with Crippen LogP contribution in [0.4, 0.5) is 0 Å². The molecule has 0 amide bonds. The highest BCUT2D eigenvalue weighted by molar-refractivity contribution is 5.63. The number of carboxylic acids is 1. The van der Waals surface area contributed by atoms with Gasteiger partial charge >= 0.3 is 0 Å². The smallest absolute Gasteiger partial charge is 0.0414 e. The summed E-state index contributed by atoms with van der Waals surface area (Å²) in [6, 6.07) is 0. The highest BCUT2D eigenvalue weighted by Crippen LogP contribution is 1.88. The third kappa shape index (κ3) is 26.4. The molecule has 0 N–H and O–H groups in total. The van der Waals surface area contributed by atoms with Crippen LogP contribution in [0.1, 0.15) is 52.9 Å². The largest absolute Gasteiger partial charge is 0.550 e. The second-order valence-corrected chi connectivity index (χ2v) is 2.48. The lowest BCUT2D eigenvalue weighted by atomic mass is 10.3. The summed E-state index contributed by atoms with van der Waals surface area (Å²) in [4.78, 5) is 9.49. The Kier molecular flexibility index (Phi) is 14.5. The molecule has 0 bridgehead atoms. The maximum atomic E-state index is 9.49. The molecule has 0 aliphatic carbocycles. The first-order valence-corrected chi connectivity index (χ1v) is 4.38. The Hall–Kier alpha value is -0.530. The van der Waals surface area contributed by atoms with E-state index in [9.17, 15) is 9.90 Å². The molecular formula is C9H19O2-. The van der Waals surface area contributed by atoms with Gasteiger partial charge in [0.15, 0.2) is 0 Å². The lowest BCUT2D eigenvalue weighted by Gasteiger charge is -1.92. The number of hydrogen-bond acceptors (Lipinski definition) is 2. The molecule has 0 atom stereocenters. The maximum Gasteiger partial charge on any atom is 0.0414 e. The quantitative estimate of drug-likeness (QED) is 0.626. The lowest BCUT2D eigenvalue weighted by molar-refractivity contribution is -0.305. The Morgan fingerprint density at radius 2 is 1.55 bits per heavy atom. The van der Waals surface area contributed by atoms with Gasteiger partial charge in [-0.15, -0.1) is 0 Å². The normalized spacial score (nSPS) is 8.27. The maximum absolute atomic E-state index is 9.49. The van der Waals surface area contributed by atoms with Gasteiger partial charge in [-0.1, -0.05) is 46.5 Å². The molecule has 0 aliphatic rings. The van der Waals surface area contributed by atoms with Crippen LogP contribution in [0.25, 0.3) is 0 Å². The second-order valence-electron chi connectivity index (χ2n) is 2.48. The topological polar surface area (TPSA) is 40.1 Å². The van der Waals surface area contributed by atoms with Gasteiger partial charge in [0, 0.05) is 5.97 Å². The molecule has 0 aliphatic heterocycles. The predicted molar refractivity (Wildman–Crippen MR) is 45.1 cm³/mol. The molecule has 0 aromatic carbocycles. The second kappa shape index (κ2) is 12.2. The van der Waals surface area contributed by atoms with Crippen molar-refractivity contribution in [3.8, 4) is 0 Å². The fourth-order valence-corrected chi connectivity index (χ4v) is 0.558. The summed E-state index contributed by atoms with van der Waals surface area (Å²) in [7, 11) is 0. The van der Waals surface area contributed by atoms with Crippen molar-refractivity contribution in [2.24, 2.45) is 0 Å². The summed E-state index contributed by atoms with van der Waals surface area (Å²) in [5, 5.41) is 9.49. The van der Waals surface area contributed by atoms with Gasteiger partial charge in [0.05, 0.1) is 0 Å². The summed E-state index contributed by atoms with van der Waals surface area (Å²) in [6.07, 6.45) is 4.93. The van der Waals surface area contributed by atoms with Crippen molar-refractivity contribution in [1.82, 2.24) is 0 Å². The van der Waals surface area contributed by atoms with Crippen LogP contribution in [-0.2, 0) is 4.79 Å². The van der Waals surface area contributed by atoms with Crippen LogP contribution in [0.3, 0.4) is 0 Å². The van der Waals surface area contributed by atoms with Crippen molar-refractivity contribution < 1.29 is 9.90 Å². The number of carboxylic acid groups (broad SMARTS) is 1.